The van der Waals surface area contributed by atoms with Crippen LogP contribution in [0.4, 0.5) is 24.5 Å². The Balaban J connectivity index is 1.87. The molecule has 0 atom stereocenters. The maximum absolute atomic E-state index is 13.6. The van der Waals surface area contributed by atoms with Crippen LogP contribution in [0.5, 0.6) is 0 Å². The summed E-state index contributed by atoms with van der Waals surface area (Å²) in [7, 11) is 0. The molecule has 164 valence electrons. The highest BCUT2D eigenvalue weighted by molar-refractivity contribution is 6.33. The Morgan fingerprint density at radius 2 is 1.53 bits per heavy atom. The van der Waals surface area contributed by atoms with Crippen molar-refractivity contribution in [2.75, 3.05) is 10.6 Å². The summed E-state index contributed by atoms with van der Waals surface area (Å²) in [4.78, 5) is 12.4. The first-order valence-electron chi connectivity index (χ1n) is 9.51. The fourth-order valence-electron chi connectivity index (χ4n) is 2.71. The monoisotopic (exact) mass is 457 g/mol. The molecule has 0 unspecified atom stereocenters. The number of carbonyl (C=O) groups is 1. The third-order valence-electron chi connectivity index (χ3n) is 4.46. The summed E-state index contributed by atoms with van der Waals surface area (Å²) in [6.07, 6.45) is 1.02. The molecule has 0 radical (unpaired) electrons. The van der Waals surface area contributed by atoms with Gasteiger partial charge in [-0.05, 0) is 60.2 Å². The number of rotatable bonds is 7. The van der Waals surface area contributed by atoms with Gasteiger partial charge in [0, 0.05) is 23.9 Å². The van der Waals surface area contributed by atoms with Crippen molar-refractivity contribution >= 4 is 40.3 Å². The second-order valence-corrected chi connectivity index (χ2v) is 7.41. The van der Waals surface area contributed by atoms with Gasteiger partial charge in [0.25, 0.3) is 11.8 Å². The van der Waals surface area contributed by atoms with Crippen molar-refractivity contribution in [3.63, 3.8) is 0 Å². The Labute approximate surface area is 188 Å². The first-order chi connectivity index (χ1) is 15.1. The molecule has 0 bridgehead atoms. The smallest absolute Gasteiger partial charge is 0.286 e. The molecule has 1 amide bonds. The van der Waals surface area contributed by atoms with Gasteiger partial charge in [-0.3, -0.25) is 10.2 Å². The lowest BCUT2D eigenvalue weighted by Gasteiger charge is -2.16. The Morgan fingerprint density at radius 1 is 0.938 bits per heavy atom. The molecule has 3 rings (SSSR count). The molecule has 8 heteroatoms. The van der Waals surface area contributed by atoms with E-state index in [-0.39, 0.29) is 5.70 Å². The number of nitrogens with one attached hydrogen (secondary N) is 3. The minimum atomic E-state index is -3.33. The molecule has 0 aliphatic carbocycles. The number of carbonyl (C=O) groups excluding carboxylic acids is 1. The maximum atomic E-state index is 13.6. The Morgan fingerprint density at radius 3 is 2.12 bits per heavy atom. The molecule has 0 fully saturated rings. The van der Waals surface area contributed by atoms with Crippen LogP contribution in [-0.4, -0.2) is 17.5 Å². The number of hydrogen-bond donors (Lipinski definition) is 3. The molecule has 0 saturated heterocycles. The molecule has 0 spiro atoms. The topological polar surface area (TPSA) is 65.0 Å². The zero-order chi connectivity index (χ0) is 23.3. The van der Waals surface area contributed by atoms with Crippen LogP contribution in [0.25, 0.3) is 5.70 Å². The van der Waals surface area contributed by atoms with Gasteiger partial charge in [-0.1, -0.05) is 35.9 Å². The highest BCUT2D eigenvalue weighted by Gasteiger charge is 2.27. The van der Waals surface area contributed by atoms with Crippen LogP contribution in [0.3, 0.4) is 0 Å². The van der Waals surface area contributed by atoms with Crippen LogP contribution < -0.4 is 10.6 Å². The van der Waals surface area contributed by atoms with Crippen LogP contribution in [-0.2, 0) is 0 Å². The molecular formula is C24H19ClF3N3O. The Bertz CT molecular complexity index is 1150. The molecule has 0 aromatic heterocycles. The first kappa shape index (κ1) is 23.1. The molecule has 32 heavy (non-hydrogen) atoms. The van der Waals surface area contributed by atoms with E-state index in [0.717, 1.165) is 6.08 Å². The molecule has 3 aromatic rings. The van der Waals surface area contributed by atoms with Gasteiger partial charge in [0.2, 0.25) is 0 Å². The number of para-hydroxylation sites is 1. The quantitative estimate of drug-likeness (QED) is 0.339. The first-order valence-corrected chi connectivity index (χ1v) is 9.89. The van der Waals surface area contributed by atoms with E-state index in [1.807, 2.05) is 0 Å². The maximum Gasteiger partial charge on any atom is 0.286 e. The molecule has 0 saturated carbocycles. The second-order valence-electron chi connectivity index (χ2n) is 7.00. The lowest BCUT2D eigenvalue weighted by atomic mass is 10.1. The van der Waals surface area contributed by atoms with E-state index >= 15 is 0 Å². The number of benzene rings is 3. The molecule has 4 nitrogen and oxygen atoms in total. The number of alkyl halides is 2. The summed E-state index contributed by atoms with van der Waals surface area (Å²) < 4.78 is 40.2. The minimum absolute atomic E-state index is 0.218. The second kappa shape index (κ2) is 9.70. The predicted molar refractivity (Wildman–Crippen MR) is 122 cm³/mol. The van der Waals surface area contributed by atoms with E-state index in [1.54, 1.807) is 36.4 Å². The van der Waals surface area contributed by atoms with Crippen molar-refractivity contribution in [2.24, 2.45) is 0 Å². The number of hydrogen-bond acceptors (Lipinski definition) is 3. The van der Waals surface area contributed by atoms with Crippen molar-refractivity contribution in [3.05, 3.63) is 101 Å². The molecular weight excluding hydrogens is 439 g/mol. The van der Waals surface area contributed by atoms with Crippen molar-refractivity contribution in [1.29, 1.82) is 5.41 Å². The van der Waals surface area contributed by atoms with E-state index in [1.165, 1.54) is 36.4 Å². The summed E-state index contributed by atoms with van der Waals surface area (Å²) >= 11 is 6.17. The normalized spacial score (nSPS) is 11.7. The van der Waals surface area contributed by atoms with Crippen LogP contribution in [0.2, 0.25) is 5.02 Å². The van der Waals surface area contributed by atoms with Crippen LogP contribution in [0, 0.1) is 11.2 Å². The van der Waals surface area contributed by atoms with Crippen molar-refractivity contribution in [3.8, 4) is 0 Å². The van der Waals surface area contributed by atoms with Crippen LogP contribution in [0.1, 0.15) is 22.8 Å². The Kier molecular flexibility index (Phi) is 7.00. The summed E-state index contributed by atoms with van der Waals surface area (Å²) in [5.74, 6) is -4.16. The van der Waals surface area contributed by atoms with Crippen molar-refractivity contribution in [1.82, 2.24) is 0 Å². The number of halogens is 4. The highest BCUT2D eigenvalue weighted by atomic mass is 35.5. The zero-order valence-corrected chi connectivity index (χ0v) is 17.7. The average molecular weight is 458 g/mol. The predicted octanol–water partition coefficient (Wildman–Crippen LogP) is 6.86. The van der Waals surface area contributed by atoms with Gasteiger partial charge in [-0.15, -0.1) is 0 Å². The molecule has 3 aromatic carbocycles. The number of amides is 1. The zero-order valence-electron chi connectivity index (χ0n) is 16.9. The van der Waals surface area contributed by atoms with Crippen LogP contribution in [0.15, 0.2) is 78.9 Å². The summed E-state index contributed by atoms with van der Waals surface area (Å²) in [6.45, 7) is 0.641. The number of allylic oxidation sites excluding steroid dienone is 1. The van der Waals surface area contributed by atoms with Crippen molar-refractivity contribution in [2.45, 2.75) is 12.8 Å². The lowest BCUT2D eigenvalue weighted by molar-refractivity contribution is 0.100. The van der Waals surface area contributed by atoms with E-state index in [2.05, 4.69) is 10.6 Å². The number of anilines is 2. The van der Waals surface area contributed by atoms with E-state index in [4.69, 9.17) is 17.0 Å². The minimum Gasteiger partial charge on any atom is -0.354 e. The highest BCUT2D eigenvalue weighted by Crippen LogP contribution is 2.27. The van der Waals surface area contributed by atoms with Gasteiger partial charge in [0.05, 0.1) is 10.7 Å². The third-order valence-corrected chi connectivity index (χ3v) is 4.79. The molecule has 0 aliphatic rings. The summed E-state index contributed by atoms with van der Waals surface area (Å²) in [5, 5.41) is 13.7. The lowest BCUT2D eigenvalue weighted by Crippen LogP contribution is -2.22. The summed E-state index contributed by atoms with van der Waals surface area (Å²) in [5.41, 5.74) is 1.02. The molecule has 0 aliphatic heterocycles. The van der Waals surface area contributed by atoms with E-state index in [0.29, 0.717) is 34.4 Å². The fourth-order valence-corrected chi connectivity index (χ4v) is 2.89. The average Bonchev–Trinajstić information content (AvgIpc) is 2.75. The third kappa shape index (κ3) is 5.98. The van der Waals surface area contributed by atoms with Crippen LogP contribution >= 0.6 is 11.6 Å². The molecule has 3 N–H and O–H groups in total. The van der Waals surface area contributed by atoms with E-state index < -0.39 is 23.4 Å². The Hall–Kier alpha value is -3.58. The summed E-state index contributed by atoms with van der Waals surface area (Å²) in [6, 6.07) is 18.3. The largest absolute Gasteiger partial charge is 0.354 e. The van der Waals surface area contributed by atoms with Gasteiger partial charge >= 0.3 is 0 Å². The van der Waals surface area contributed by atoms with Gasteiger partial charge in [-0.25, -0.2) is 4.39 Å². The van der Waals surface area contributed by atoms with Gasteiger partial charge in [0.15, 0.2) is 0 Å². The standard InChI is InChI=1S/C24H19ClF3N3O/c1-24(27,28)22(29)14-21(31-20-5-3-2-4-19(20)25)15-6-8-16(9-7-15)23(32)30-18-12-10-17(26)11-13-18/h2-14,29,31H,1H3,(H,30,32)/b21-14-,29-22?. The van der Waals surface area contributed by atoms with E-state index in [9.17, 15) is 18.0 Å². The molecule has 0 heterocycles. The fraction of sp³-hybridized carbons (Fsp3) is 0.0833. The van der Waals surface area contributed by atoms with Gasteiger partial charge < -0.3 is 10.6 Å². The van der Waals surface area contributed by atoms with Gasteiger partial charge in [-0.2, -0.15) is 8.78 Å². The van der Waals surface area contributed by atoms with Crippen molar-refractivity contribution < 1.29 is 18.0 Å². The van der Waals surface area contributed by atoms with Gasteiger partial charge in [0.1, 0.15) is 11.5 Å². The SMILES string of the molecule is CC(F)(F)C(=N)/C=C(\Nc1ccccc1Cl)c1ccc(C(=O)Nc2ccc(F)cc2)cc1.